The molecule has 3 aromatic rings. The normalized spacial score (nSPS) is 13.8. The number of rotatable bonds is 21. The number of hydrogen-bond donors (Lipinski definition) is 6. The Labute approximate surface area is 296 Å². The zero-order valence-electron chi connectivity index (χ0n) is 27.3. The maximum Gasteiger partial charge on any atom is 0.696 e. The minimum absolute atomic E-state index is 0.0174. The lowest BCUT2D eigenvalue weighted by Gasteiger charge is -2.29. The summed E-state index contributed by atoms with van der Waals surface area (Å²) in [7, 11) is -10.2. The molecule has 2 atom stereocenters. The van der Waals surface area contributed by atoms with E-state index in [2.05, 4.69) is 5.10 Å². The van der Waals surface area contributed by atoms with Crippen molar-refractivity contribution in [2.75, 3.05) is 46.0 Å². The monoisotopic (exact) mass is 793 g/mol. The zero-order valence-corrected chi connectivity index (χ0v) is 31.7. The highest BCUT2D eigenvalue weighted by atomic mass is 32.5. The smallest absolute Gasteiger partial charge is 0.508 e. The van der Waals surface area contributed by atoms with E-state index < -0.39 is 42.7 Å². The summed E-state index contributed by atoms with van der Waals surface area (Å²) in [6.45, 7) is -0.235. The van der Waals surface area contributed by atoms with Crippen LogP contribution in [0.4, 0.5) is 0 Å². The standard InChI is InChI=1S/C29H40N4O12P4S/c1-3-32(21-43-46(35)36)18-16-24-6-12-28(13-7-24)44-49(50,31(2)30-20-26-4-10-27(34)11-5-26)45-29-14-8-25(9-15-29)17-19-33(22-47(37,38)39)23-48(40,41)42/h4-15,20H,3,16-19,21-23H2,1-2H3,(H5-,30,34,35,36,37,38,39,40,41,42)/p+1. The van der Waals surface area contributed by atoms with Gasteiger partial charge in [0.25, 0.3) is 0 Å². The van der Waals surface area contributed by atoms with E-state index >= 15 is 0 Å². The highest BCUT2D eigenvalue weighted by molar-refractivity contribution is 8.09. The van der Waals surface area contributed by atoms with E-state index in [1.54, 1.807) is 55.6 Å². The van der Waals surface area contributed by atoms with Crippen molar-refractivity contribution in [1.82, 2.24) is 14.6 Å². The fraction of sp³-hybridized carbons (Fsp3) is 0.345. The first-order valence-electron chi connectivity index (χ1n) is 15.0. The summed E-state index contributed by atoms with van der Waals surface area (Å²) >= 11 is 5.95. The summed E-state index contributed by atoms with van der Waals surface area (Å²) in [5.41, 5.74) is 2.38. The molecule has 6 N–H and O–H groups in total. The second kappa shape index (κ2) is 19.3. The third kappa shape index (κ3) is 15.8. The number of nitrogens with zero attached hydrogens (tertiary/aromatic N) is 4. The first kappa shape index (κ1) is 41.8. The van der Waals surface area contributed by atoms with Crippen LogP contribution in [-0.2, 0) is 42.9 Å². The molecule has 0 bridgehead atoms. The number of aromatic hydroxyl groups is 1. The van der Waals surface area contributed by atoms with Crippen LogP contribution in [0.25, 0.3) is 0 Å². The number of hydrazone groups is 1. The molecule has 21 heteroatoms. The maximum absolute atomic E-state index is 11.5. The van der Waals surface area contributed by atoms with E-state index in [4.69, 9.17) is 30.3 Å². The molecule has 2 unspecified atom stereocenters. The van der Waals surface area contributed by atoms with Crippen molar-refractivity contribution in [2.24, 2.45) is 5.10 Å². The first-order chi connectivity index (χ1) is 23.4. The van der Waals surface area contributed by atoms with E-state index in [1.807, 2.05) is 24.0 Å². The molecule has 16 nitrogen and oxygen atoms in total. The van der Waals surface area contributed by atoms with E-state index in [-0.39, 0.29) is 25.4 Å². The molecule has 0 heterocycles. The Kier molecular flexibility index (Phi) is 16.2. The predicted octanol–water partition coefficient (Wildman–Crippen LogP) is 4.64. The number of phenolic OH excluding ortho intramolecular Hbond substituents is 1. The van der Waals surface area contributed by atoms with Crippen molar-refractivity contribution in [3.63, 3.8) is 0 Å². The summed E-state index contributed by atoms with van der Waals surface area (Å²) in [5.74, 6) is 0.867. The average Bonchev–Trinajstić information content (AvgIpc) is 3.03. The van der Waals surface area contributed by atoms with Crippen molar-refractivity contribution < 1.29 is 56.8 Å². The van der Waals surface area contributed by atoms with Gasteiger partial charge in [-0.25, -0.2) is 4.78 Å². The molecule has 50 heavy (non-hydrogen) atoms. The number of likely N-dealkylation sites (N-methyl/N-ethyl adjacent to an activating group) is 1. The Morgan fingerprint density at radius 2 is 1.26 bits per heavy atom. The van der Waals surface area contributed by atoms with Gasteiger partial charge in [-0.15, -0.1) is 9.42 Å². The Hall–Kier alpha value is -2.58. The van der Waals surface area contributed by atoms with Gasteiger partial charge in [0, 0.05) is 36.5 Å². The fourth-order valence-electron chi connectivity index (χ4n) is 4.34. The molecule has 0 aromatic heterocycles. The highest BCUT2D eigenvalue weighted by Gasteiger charge is 2.29. The molecule has 274 valence electrons. The summed E-state index contributed by atoms with van der Waals surface area (Å²) < 4.78 is 52.6. The third-order valence-corrected chi connectivity index (χ3v) is 11.6. The van der Waals surface area contributed by atoms with Gasteiger partial charge in [0.05, 0.1) is 6.21 Å². The number of benzene rings is 3. The van der Waals surface area contributed by atoms with E-state index in [0.717, 1.165) is 10.5 Å². The molecular weight excluding hydrogens is 752 g/mol. The lowest BCUT2D eigenvalue weighted by molar-refractivity contribution is 0.128. The van der Waals surface area contributed by atoms with Crippen LogP contribution >= 0.6 is 30.1 Å². The van der Waals surface area contributed by atoms with E-state index in [1.165, 1.54) is 23.1 Å². The van der Waals surface area contributed by atoms with Crippen LogP contribution in [0.3, 0.4) is 0 Å². The van der Waals surface area contributed by atoms with Gasteiger partial charge in [0.1, 0.15) is 29.8 Å². The Balaban J connectivity index is 1.76. The van der Waals surface area contributed by atoms with Gasteiger partial charge in [-0.2, -0.15) is 5.10 Å². The minimum atomic E-state index is -4.55. The quantitative estimate of drug-likeness (QED) is 0.0374. The SMILES string of the molecule is CCN(CCc1ccc(OP(=S)(Oc2ccc(CCN(CP(=O)(O)O)CP(=O)(O)O)cc2)N(C)/N=C\c2ccc(O)cc2)cc1)CO[P+](=O)O. The third-order valence-electron chi connectivity index (χ3n) is 6.91. The molecule has 0 saturated heterocycles. The van der Waals surface area contributed by atoms with Crippen LogP contribution in [0.5, 0.6) is 17.2 Å². The van der Waals surface area contributed by atoms with Gasteiger partial charge in [0.2, 0.25) is 0 Å². The van der Waals surface area contributed by atoms with Crippen LogP contribution in [0.2, 0.25) is 0 Å². The molecule has 0 fully saturated rings. The average molecular weight is 794 g/mol. The molecule has 0 aliphatic rings. The van der Waals surface area contributed by atoms with Crippen LogP contribution < -0.4 is 9.05 Å². The largest absolute Gasteiger partial charge is 0.696 e. The summed E-state index contributed by atoms with van der Waals surface area (Å²) in [6.07, 6.45) is 0.828. The van der Waals surface area contributed by atoms with E-state index in [0.29, 0.717) is 42.1 Å². The van der Waals surface area contributed by atoms with Crippen molar-refractivity contribution in [3.05, 3.63) is 89.5 Å². The van der Waals surface area contributed by atoms with Gasteiger partial charge in [-0.3, -0.25) is 18.9 Å². The Bertz CT molecular complexity index is 1680. The Morgan fingerprint density at radius 3 is 1.68 bits per heavy atom. The fourth-order valence-corrected chi connectivity index (χ4v) is 8.15. The van der Waals surface area contributed by atoms with Gasteiger partial charge >= 0.3 is 30.1 Å². The predicted molar refractivity (Wildman–Crippen MR) is 193 cm³/mol. The summed E-state index contributed by atoms with van der Waals surface area (Å²) in [5, 5.41) is 14.1. The second-order valence-electron chi connectivity index (χ2n) is 11.0. The van der Waals surface area contributed by atoms with Gasteiger partial charge < -0.3 is 33.7 Å². The summed E-state index contributed by atoms with van der Waals surface area (Å²) in [6, 6.07) is 20.3. The topological polar surface area (TPSA) is 222 Å². The first-order valence-corrected chi connectivity index (χ1v) is 22.3. The summed E-state index contributed by atoms with van der Waals surface area (Å²) in [4.78, 5) is 49.1. The van der Waals surface area contributed by atoms with Crippen LogP contribution in [0.1, 0.15) is 23.6 Å². The van der Waals surface area contributed by atoms with Crippen LogP contribution in [0, 0.1) is 0 Å². The van der Waals surface area contributed by atoms with E-state index in [9.17, 15) is 38.4 Å². The van der Waals surface area contributed by atoms with Crippen molar-refractivity contribution in [1.29, 1.82) is 0 Å². The number of phenols is 1. The van der Waals surface area contributed by atoms with Gasteiger partial charge in [0.15, 0.2) is 6.73 Å². The number of hydrogen-bond acceptors (Lipinski definition) is 11. The molecule has 3 rings (SSSR count). The molecule has 0 aliphatic heterocycles. The lowest BCUT2D eigenvalue weighted by Crippen LogP contribution is -2.28. The Morgan fingerprint density at radius 1 is 0.800 bits per heavy atom. The molecule has 0 radical (unpaired) electrons. The molecule has 0 amide bonds. The van der Waals surface area contributed by atoms with Gasteiger partial charge in [-0.05, 0) is 84.6 Å². The van der Waals surface area contributed by atoms with Crippen LogP contribution in [0.15, 0.2) is 77.9 Å². The molecular formula is C29H41N4O12P4S+. The molecule has 0 saturated carbocycles. The second-order valence-corrected chi connectivity index (χ2v) is 18.2. The van der Waals surface area contributed by atoms with Crippen molar-refractivity contribution >= 4 is 48.1 Å². The van der Waals surface area contributed by atoms with Crippen molar-refractivity contribution in [2.45, 2.75) is 19.8 Å². The zero-order chi connectivity index (χ0) is 37.0. The van der Waals surface area contributed by atoms with Crippen molar-refractivity contribution in [3.8, 4) is 17.2 Å². The molecule has 3 aromatic carbocycles. The molecule has 0 aliphatic carbocycles. The lowest BCUT2D eigenvalue weighted by atomic mass is 10.1. The van der Waals surface area contributed by atoms with Crippen LogP contribution in [-0.4, -0.2) is 96.4 Å². The van der Waals surface area contributed by atoms with Gasteiger partial charge in [-0.1, -0.05) is 31.2 Å². The maximum atomic E-state index is 11.5. The highest BCUT2D eigenvalue weighted by Crippen LogP contribution is 2.51. The minimum Gasteiger partial charge on any atom is -0.508 e. The molecule has 0 spiro atoms.